The maximum Gasteiger partial charge on any atom is 0.269 e. The molecule has 26 heavy (non-hydrogen) atoms. The third-order valence-corrected chi connectivity index (χ3v) is 3.89. The molecule has 0 saturated heterocycles. The van der Waals surface area contributed by atoms with Crippen molar-refractivity contribution in [1.29, 1.82) is 5.26 Å². The van der Waals surface area contributed by atoms with Crippen LogP contribution >= 0.6 is 0 Å². The number of nitriles is 1. The van der Waals surface area contributed by atoms with Crippen LogP contribution in [0.5, 0.6) is 0 Å². The number of aromatic nitrogens is 3. The van der Waals surface area contributed by atoms with Gasteiger partial charge < -0.3 is 5.73 Å². The summed E-state index contributed by atoms with van der Waals surface area (Å²) in [5, 5.41) is 12.9. The Balaban J connectivity index is 1.93. The molecule has 3 aromatic rings. The molecule has 0 aliphatic heterocycles. The van der Waals surface area contributed by atoms with Crippen molar-refractivity contribution in [3.8, 4) is 17.3 Å². The molecule has 2 heterocycles. The van der Waals surface area contributed by atoms with Crippen LogP contribution in [-0.2, 0) is 13.5 Å². The standard InChI is InChI=1S/C19H15N5O2/c1-24-17(25)9-15(18(23-24)19(21)26)16-6-5-14(11-22-16)8-12-3-2-4-13(7-12)10-20/h2-7,9,11H,8H2,1H3,(H2,21,26). The fraction of sp³-hybridized carbons (Fsp3) is 0.105. The number of aryl methyl sites for hydroxylation is 1. The van der Waals surface area contributed by atoms with Gasteiger partial charge in [0.2, 0.25) is 0 Å². The molecule has 1 amide bonds. The summed E-state index contributed by atoms with van der Waals surface area (Å²) in [6.07, 6.45) is 2.27. The second-order valence-corrected chi connectivity index (χ2v) is 5.77. The zero-order valence-electron chi connectivity index (χ0n) is 14.0. The molecule has 0 saturated carbocycles. The second-order valence-electron chi connectivity index (χ2n) is 5.77. The summed E-state index contributed by atoms with van der Waals surface area (Å²) in [6, 6.07) is 14.3. The Morgan fingerprint density at radius 1 is 1.23 bits per heavy atom. The lowest BCUT2D eigenvalue weighted by molar-refractivity contribution is 0.0994. The molecule has 0 unspecified atom stereocenters. The van der Waals surface area contributed by atoms with Crippen molar-refractivity contribution in [3.05, 3.63) is 81.4 Å². The number of amides is 1. The molecule has 0 aliphatic rings. The minimum atomic E-state index is -0.727. The summed E-state index contributed by atoms with van der Waals surface area (Å²) < 4.78 is 1.06. The van der Waals surface area contributed by atoms with Gasteiger partial charge in [-0.05, 0) is 35.7 Å². The Bertz CT molecular complexity index is 1080. The van der Waals surface area contributed by atoms with Crippen molar-refractivity contribution in [2.45, 2.75) is 6.42 Å². The largest absolute Gasteiger partial charge is 0.364 e. The van der Waals surface area contributed by atoms with E-state index in [2.05, 4.69) is 16.2 Å². The smallest absolute Gasteiger partial charge is 0.269 e. The van der Waals surface area contributed by atoms with Gasteiger partial charge >= 0.3 is 0 Å². The molecule has 0 spiro atoms. The van der Waals surface area contributed by atoms with E-state index in [4.69, 9.17) is 11.0 Å². The van der Waals surface area contributed by atoms with Crippen LogP contribution in [-0.4, -0.2) is 20.7 Å². The van der Waals surface area contributed by atoms with E-state index in [0.29, 0.717) is 23.2 Å². The van der Waals surface area contributed by atoms with Gasteiger partial charge in [0.15, 0.2) is 5.69 Å². The molecule has 7 nitrogen and oxygen atoms in total. The first kappa shape index (κ1) is 17.0. The molecule has 2 aromatic heterocycles. The Labute approximate surface area is 149 Å². The highest BCUT2D eigenvalue weighted by Crippen LogP contribution is 2.19. The van der Waals surface area contributed by atoms with Gasteiger partial charge in [0, 0.05) is 24.9 Å². The van der Waals surface area contributed by atoms with Crippen LogP contribution in [0.2, 0.25) is 0 Å². The number of hydrogen-bond acceptors (Lipinski definition) is 5. The lowest BCUT2D eigenvalue weighted by Gasteiger charge is -2.08. The summed E-state index contributed by atoms with van der Waals surface area (Å²) in [7, 11) is 1.45. The molecule has 3 rings (SSSR count). The first-order chi connectivity index (χ1) is 12.5. The van der Waals surface area contributed by atoms with Crippen LogP contribution < -0.4 is 11.3 Å². The Kier molecular flexibility index (Phi) is 4.58. The van der Waals surface area contributed by atoms with Crippen molar-refractivity contribution in [1.82, 2.24) is 14.8 Å². The van der Waals surface area contributed by atoms with E-state index in [9.17, 15) is 9.59 Å². The van der Waals surface area contributed by atoms with Crippen LogP contribution in [0.25, 0.3) is 11.3 Å². The van der Waals surface area contributed by atoms with E-state index in [-0.39, 0.29) is 11.3 Å². The average Bonchev–Trinajstić information content (AvgIpc) is 2.64. The van der Waals surface area contributed by atoms with Crippen LogP contribution in [0.1, 0.15) is 27.2 Å². The van der Waals surface area contributed by atoms with Crippen LogP contribution in [0.15, 0.2) is 53.5 Å². The van der Waals surface area contributed by atoms with Crippen molar-refractivity contribution in [3.63, 3.8) is 0 Å². The third kappa shape index (κ3) is 3.49. The third-order valence-electron chi connectivity index (χ3n) is 3.89. The topological polar surface area (TPSA) is 115 Å². The van der Waals surface area contributed by atoms with Gasteiger partial charge in [0.1, 0.15) is 0 Å². The Morgan fingerprint density at radius 2 is 2.04 bits per heavy atom. The van der Waals surface area contributed by atoms with E-state index >= 15 is 0 Å². The predicted octanol–water partition coefficient (Wildman–Crippen LogP) is 1.40. The van der Waals surface area contributed by atoms with E-state index in [1.54, 1.807) is 18.3 Å². The monoisotopic (exact) mass is 345 g/mol. The minimum Gasteiger partial charge on any atom is -0.364 e. The number of nitrogens with two attached hydrogens (primary N) is 1. The van der Waals surface area contributed by atoms with Gasteiger partial charge in [-0.3, -0.25) is 14.6 Å². The van der Waals surface area contributed by atoms with Crippen molar-refractivity contribution >= 4 is 5.91 Å². The molecule has 0 atom stereocenters. The van der Waals surface area contributed by atoms with Gasteiger partial charge in [-0.15, -0.1) is 0 Å². The van der Waals surface area contributed by atoms with Crippen molar-refractivity contribution in [2.24, 2.45) is 12.8 Å². The average molecular weight is 345 g/mol. The quantitative estimate of drug-likeness (QED) is 0.767. The van der Waals surface area contributed by atoms with Gasteiger partial charge in [-0.25, -0.2) is 4.68 Å². The summed E-state index contributed by atoms with van der Waals surface area (Å²) in [6.45, 7) is 0. The number of nitrogens with zero attached hydrogens (tertiary/aromatic N) is 4. The lowest BCUT2D eigenvalue weighted by atomic mass is 10.0. The minimum absolute atomic E-state index is 0.00549. The van der Waals surface area contributed by atoms with E-state index in [1.165, 1.54) is 13.1 Å². The molecular weight excluding hydrogens is 330 g/mol. The van der Waals surface area contributed by atoms with Gasteiger partial charge in [-0.2, -0.15) is 10.4 Å². The molecule has 7 heteroatoms. The zero-order valence-corrected chi connectivity index (χ0v) is 14.0. The Morgan fingerprint density at radius 3 is 2.69 bits per heavy atom. The molecule has 0 bridgehead atoms. The summed E-state index contributed by atoms with van der Waals surface area (Å²) in [5.41, 5.74) is 8.27. The van der Waals surface area contributed by atoms with Gasteiger partial charge in [0.25, 0.3) is 11.5 Å². The fourth-order valence-corrected chi connectivity index (χ4v) is 2.59. The van der Waals surface area contributed by atoms with Crippen molar-refractivity contribution < 1.29 is 4.79 Å². The highest BCUT2D eigenvalue weighted by molar-refractivity contribution is 5.97. The SMILES string of the molecule is Cn1nc(C(N)=O)c(-c2ccc(Cc3cccc(C#N)c3)cn2)cc1=O. The molecular formula is C19H15N5O2. The molecule has 0 fully saturated rings. The van der Waals surface area contributed by atoms with Crippen LogP contribution in [0.3, 0.4) is 0 Å². The highest BCUT2D eigenvalue weighted by atomic mass is 16.1. The number of rotatable bonds is 4. The lowest BCUT2D eigenvalue weighted by Crippen LogP contribution is -2.25. The molecule has 2 N–H and O–H groups in total. The first-order valence-corrected chi connectivity index (χ1v) is 7.80. The van der Waals surface area contributed by atoms with E-state index in [1.807, 2.05) is 24.3 Å². The number of pyridine rings is 1. The van der Waals surface area contributed by atoms with E-state index in [0.717, 1.165) is 15.8 Å². The molecule has 128 valence electrons. The maximum absolute atomic E-state index is 11.9. The number of primary amides is 1. The first-order valence-electron chi connectivity index (χ1n) is 7.80. The summed E-state index contributed by atoms with van der Waals surface area (Å²) in [5.74, 6) is -0.727. The van der Waals surface area contributed by atoms with Crippen LogP contribution in [0.4, 0.5) is 0 Å². The normalized spacial score (nSPS) is 10.3. The summed E-state index contributed by atoms with van der Waals surface area (Å²) in [4.78, 5) is 27.8. The zero-order chi connectivity index (χ0) is 18.7. The molecule has 1 aromatic carbocycles. The highest BCUT2D eigenvalue weighted by Gasteiger charge is 2.15. The molecule has 0 aliphatic carbocycles. The predicted molar refractivity (Wildman–Crippen MR) is 95.2 cm³/mol. The van der Waals surface area contributed by atoms with Gasteiger partial charge in [0.05, 0.1) is 17.3 Å². The Hall–Kier alpha value is -3.79. The second kappa shape index (κ2) is 6.99. The fourth-order valence-electron chi connectivity index (χ4n) is 2.59. The van der Waals surface area contributed by atoms with Crippen molar-refractivity contribution in [2.75, 3.05) is 0 Å². The number of benzene rings is 1. The van der Waals surface area contributed by atoms with E-state index < -0.39 is 5.91 Å². The number of hydrogen-bond donors (Lipinski definition) is 1. The molecule has 0 radical (unpaired) electrons. The number of carbonyl (C=O) groups excluding carboxylic acids is 1. The van der Waals surface area contributed by atoms with Gasteiger partial charge in [-0.1, -0.05) is 18.2 Å². The number of carbonyl (C=O) groups is 1. The maximum atomic E-state index is 11.9. The van der Waals surface area contributed by atoms with Crippen LogP contribution in [0, 0.1) is 11.3 Å². The summed E-state index contributed by atoms with van der Waals surface area (Å²) >= 11 is 0.